The van der Waals surface area contributed by atoms with Crippen molar-refractivity contribution >= 4 is 11.5 Å². The lowest BCUT2D eigenvalue weighted by Gasteiger charge is -1.96. The molecule has 0 saturated carbocycles. The van der Waals surface area contributed by atoms with Gasteiger partial charge in [0.1, 0.15) is 0 Å². The predicted octanol–water partition coefficient (Wildman–Crippen LogP) is 1.60. The molecule has 1 aromatic heterocycles. The zero-order chi connectivity index (χ0) is 8.10. The van der Waals surface area contributed by atoms with Gasteiger partial charge in [0.2, 0.25) is 0 Å². The predicted molar refractivity (Wildman–Crippen MR) is 49.1 cm³/mol. The quantitative estimate of drug-likeness (QED) is 0.694. The third-order valence-electron chi connectivity index (χ3n) is 1.47. The fourth-order valence-corrected chi connectivity index (χ4v) is 1.65. The molecule has 1 aromatic rings. The topological polar surface area (TPSA) is 24.9 Å². The van der Waals surface area contributed by atoms with Gasteiger partial charge in [0, 0.05) is 4.88 Å². The fraction of sp³-hybridized carbons (Fsp3) is 0.625. The minimum Gasteiger partial charge on any atom is -0.317 e. The van der Waals surface area contributed by atoms with Gasteiger partial charge in [-0.3, -0.25) is 0 Å². The summed E-state index contributed by atoms with van der Waals surface area (Å²) in [6.07, 6.45) is 1.11. The number of nitrogens with one attached hydrogen (secondary N) is 1. The molecule has 0 radical (unpaired) electrons. The van der Waals surface area contributed by atoms with Crippen LogP contribution >= 0.6 is 11.5 Å². The Balaban J connectivity index is 2.27. The van der Waals surface area contributed by atoms with E-state index < -0.39 is 0 Å². The second-order valence-corrected chi connectivity index (χ2v) is 3.43. The molecule has 3 heteroatoms. The van der Waals surface area contributed by atoms with E-state index in [4.69, 9.17) is 0 Å². The number of hydrogen-bond acceptors (Lipinski definition) is 3. The van der Waals surface area contributed by atoms with E-state index in [9.17, 15) is 0 Å². The second kappa shape index (κ2) is 4.46. The van der Waals surface area contributed by atoms with Gasteiger partial charge in [-0.05, 0) is 44.0 Å². The molecule has 0 fully saturated rings. The molecule has 1 rings (SSSR count). The van der Waals surface area contributed by atoms with Gasteiger partial charge >= 0.3 is 0 Å². The summed E-state index contributed by atoms with van der Waals surface area (Å²) in [7, 11) is 0. The van der Waals surface area contributed by atoms with E-state index in [0.717, 1.165) is 25.2 Å². The Hall–Kier alpha value is -0.410. The molecule has 0 aromatic carbocycles. The molecule has 0 aliphatic rings. The van der Waals surface area contributed by atoms with E-state index in [1.54, 1.807) is 11.5 Å². The molecular weight excluding hydrogens is 156 g/mol. The normalized spacial score (nSPS) is 10.4. The largest absolute Gasteiger partial charge is 0.317 e. The fourth-order valence-electron chi connectivity index (χ4n) is 0.922. The maximum atomic E-state index is 4.21. The lowest BCUT2D eigenvalue weighted by Crippen LogP contribution is -2.15. The molecule has 11 heavy (non-hydrogen) atoms. The number of rotatable bonds is 4. The van der Waals surface area contributed by atoms with Gasteiger partial charge in [-0.15, -0.1) is 0 Å². The van der Waals surface area contributed by atoms with E-state index in [1.165, 1.54) is 4.88 Å². The molecule has 0 aliphatic heterocycles. The summed E-state index contributed by atoms with van der Waals surface area (Å²) in [5, 5.41) is 3.28. The number of aromatic nitrogens is 1. The summed E-state index contributed by atoms with van der Waals surface area (Å²) < 4.78 is 4.21. The van der Waals surface area contributed by atoms with Gasteiger partial charge in [-0.2, -0.15) is 4.37 Å². The highest BCUT2D eigenvalue weighted by atomic mass is 32.1. The Bertz CT molecular complexity index is 208. The summed E-state index contributed by atoms with van der Waals surface area (Å²) in [5.41, 5.74) is 1.14. The lowest BCUT2D eigenvalue weighted by molar-refractivity contribution is 0.721. The zero-order valence-electron chi connectivity index (χ0n) is 7.05. The second-order valence-electron chi connectivity index (χ2n) is 2.54. The van der Waals surface area contributed by atoms with Crippen molar-refractivity contribution in [3.8, 4) is 0 Å². The molecule has 1 N–H and O–H groups in total. The summed E-state index contributed by atoms with van der Waals surface area (Å²) in [5.74, 6) is 0. The Morgan fingerprint density at radius 2 is 2.45 bits per heavy atom. The minimum atomic E-state index is 1.05. The summed E-state index contributed by atoms with van der Waals surface area (Å²) in [4.78, 5) is 1.38. The van der Waals surface area contributed by atoms with Crippen LogP contribution in [0.25, 0.3) is 0 Å². The lowest BCUT2D eigenvalue weighted by atomic mass is 10.3. The van der Waals surface area contributed by atoms with E-state index in [0.29, 0.717) is 0 Å². The van der Waals surface area contributed by atoms with Crippen LogP contribution in [0.15, 0.2) is 6.07 Å². The summed E-state index contributed by atoms with van der Waals surface area (Å²) in [6, 6.07) is 2.15. The molecule has 0 bridgehead atoms. The minimum absolute atomic E-state index is 1.05. The van der Waals surface area contributed by atoms with Crippen LogP contribution in [0.3, 0.4) is 0 Å². The number of aryl methyl sites for hydroxylation is 1. The summed E-state index contributed by atoms with van der Waals surface area (Å²) >= 11 is 1.61. The average molecular weight is 170 g/mol. The molecule has 62 valence electrons. The van der Waals surface area contributed by atoms with E-state index in [1.807, 2.05) is 6.92 Å². The van der Waals surface area contributed by atoms with Crippen molar-refractivity contribution in [3.05, 3.63) is 16.6 Å². The van der Waals surface area contributed by atoms with Crippen molar-refractivity contribution in [2.45, 2.75) is 20.3 Å². The Morgan fingerprint density at radius 3 is 3.00 bits per heavy atom. The molecule has 2 nitrogen and oxygen atoms in total. The summed E-state index contributed by atoms with van der Waals surface area (Å²) in [6.45, 7) is 6.28. The van der Waals surface area contributed by atoms with Gasteiger partial charge < -0.3 is 5.32 Å². The van der Waals surface area contributed by atoms with Crippen LogP contribution in [0, 0.1) is 6.92 Å². The van der Waals surface area contributed by atoms with Gasteiger partial charge in [-0.1, -0.05) is 6.92 Å². The Morgan fingerprint density at radius 1 is 1.64 bits per heavy atom. The number of hydrogen-bond donors (Lipinski definition) is 1. The van der Waals surface area contributed by atoms with Crippen molar-refractivity contribution in [3.63, 3.8) is 0 Å². The maximum absolute atomic E-state index is 4.21. The monoisotopic (exact) mass is 170 g/mol. The van der Waals surface area contributed by atoms with Gasteiger partial charge in [0.05, 0.1) is 5.69 Å². The number of likely N-dealkylation sites (N-methyl/N-ethyl adjacent to an activating group) is 1. The average Bonchev–Trinajstić information content (AvgIpc) is 2.37. The molecule has 0 spiro atoms. The third kappa shape index (κ3) is 2.99. The third-order valence-corrected chi connectivity index (χ3v) is 2.41. The maximum Gasteiger partial charge on any atom is 0.0514 e. The first-order chi connectivity index (χ1) is 5.33. The molecular formula is C8H14N2S. The van der Waals surface area contributed by atoms with Crippen LogP contribution in [0.4, 0.5) is 0 Å². The van der Waals surface area contributed by atoms with E-state index in [-0.39, 0.29) is 0 Å². The highest BCUT2D eigenvalue weighted by Gasteiger charge is 1.95. The molecule has 0 aliphatic carbocycles. The number of nitrogens with zero attached hydrogens (tertiary/aromatic N) is 1. The van der Waals surface area contributed by atoms with Crippen molar-refractivity contribution in [1.29, 1.82) is 0 Å². The van der Waals surface area contributed by atoms with Crippen molar-refractivity contribution in [2.24, 2.45) is 0 Å². The standard InChI is InChI=1S/C8H14N2S/c1-3-9-5-4-8-6-7(2)10-11-8/h6,9H,3-5H2,1-2H3. The van der Waals surface area contributed by atoms with Crippen molar-refractivity contribution < 1.29 is 0 Å². The van der Waals surface area contributed by atoms with Gasteiger partial charge in [0.25, 0.3) is 0 Å². The Labute approximate surface area is 71.8 Å². The van der Waals surface area contributed by atoms with Crippen LogP contribution < -0.4 is 5.32 Å². The SMILES string of the molecule is CCNCCc1cc(C)ns1. The van der Waals surface area contributed by atoms with Crippen molar-refractivity contribution in [2.75, 3.05) is 13.1 Å². The van der Waals surface area contributed by atoms with Crippen LogP contribution in [-0.2, 0) is 6.42 Å². The zero-order valence-corrected chi connectivity index (χ0v) is 7.87. The highest BCUT2D eigenvalue weighted by molar-refractivity contribution is 7.05. The van der Waals surface area contributed by atoms with Gasteiger partial charge in [0.15, 0.2) is 0 Å². The van der Waals surface area contributed by atoms with Crippen LogP contribution in [0.5, 0.6) is 0 Å². The van der Waals surface area contributed by atoms with Crippen LogP contribution in [-0.4, -0.2) is 17.5 Å². The van der Waals surface area contributed by atoms with Gasteiger partial charge in [-0.25, -0.2) is 0 Å². The van der Waals surface area contributed by atoms with Crippen molar-refractivity contribution in [1.82, 2.24) is 9.69 Å². The van der Waals surface area contributed by atoms with E-state index in [2.05, 4.69) is 22.7 Å². The Kier molecular flexibility index (Phi) is 3.52. The molecule has 1 heterocycles. The van der Waals surface area contributed by atoms with Crippen LogP contribution in [0.2, 0.25) is 0 Å². The van der Waals surface area contributed by atoms with Crippen LogP contribution in [0.1, 0.15) is 17.5 Å². The first-order valence-electron chi connectivity index (χ1n) is 3.96. The molecule has 0 unspecified atom stereocenters. The molecule has 0 atom stereocenters. The van der Waals surface area contributed by atoms with E-state index >= 15 is 0 Å². The first kappa shape index (κ1) is 8.68. The molecule has 0 amide bonds. The smallest absolute Gasteiger partial charge is 0.0514 e. The first-order valence-corrected chi connectivity index (χ1v) is 4.73. The molecule has 0 saturated heterocycles. The highest BCUT2D eigenvalue weighted by Crippen LogP contribution is 2.08.